The van der Waals surface area contributed by atoms with Crippen LogP contribution in [-0.2, 0) is 0 Å². The van der Waals surface area contributed by atoms with E-state index in [1.165, 1.54) is 0 Å². The molecular weight excluding hydrogens is 160 g/mol. The average Bonchev–Trinajstić information content (AvgIpc) is 2.94. The standard InChI is InChI=1S/C12H18O/c1-4-7-10(5-2)12(8-9-12)11(13)6-3/h4-5,7,11,13H,1-2,6,8-9H2,3H3/b10-7+. The van der Waals surface area contributed by atoms with Crippen molar-refractivity contribution < 1.29 is 5.11 Å². The zero-order valence-electron chi connectivity index (χ0n) is 8.29. The third kappa shape index (κ3) is 1.75. The number of hydrogen-bond donors (Lipinski definition) is 1. The zero-order valence-corrected chi connectivity index (χ0v) is 8.29. The molecule has 13 heavy (non-hydrogen) atoms. The molecule has 0 aliphatic heterocycles. The Labute approximate surface area is 80.5 Å². The minimum atomic E-state index is -0.225. The van der Waals surface area contributed by atoms with Crippen molar-refractivity contribution in [1.82, 2.24) is 0 Å². The van der Waals surface area contributed by atoms with E-state index in [2.05, 4.69) is 13.2 Å². The fourth-order valence-electron chi connectivity index (χ4n) is 1.90. The van der Waals surface area contributed by atoms with Gasteiger partial charge in [0.1, 0.15) is 0 Å². The van der Waals surface area contributed by atoms with E-state index in [-0.39, 0.29) is 11.5 Å². The molecule has 1 aliphatic carbocycles. The third-order valence-corrected chi connectivity index (χ3v) is 2.91. The predicted octanol–water partition coefficient (Wildman–Crippen LogP) is 2.84. The molecular formula is C12H18O. The van der Waals surface area contributed by atoms with Gasteiger partial charge in [-0.15, -0.1) is 0 Å². The summed E-state index contributed by atoms with van der Waals surface area (Å²) >= 11 is 0. The fraction of sp³-hybridized carbons (Fsp3) is 0.500. The molecule has 1 heteroatoms. The Morgan fingerprint density at radius 3 is 2.46 bits per heavy atom. The lowest BCUT2D eigenvalue weighted by atomic mass is 9.88. The largest absolute Gasteiger partial charge is 0.392 e. The van der Waals surface area contributed by atoms with Crippen LogP contribution in [0.4, 0.5) is 0 Å². The summed E-state index contributed by atoms with van der Waals surface area (Å²) in [6.45, 7) is 9.46. The Hall–Kier alpha value is -0.820. The van der Waals surface area contributed by atoms with Crippen molar-refractivity contribution in [2.75, 3.05) is 0 Å². The second-order valence-electron chi connectivity index (χ2n) is 3.64. The summed E-state index contributed by atoms with van der Waals surface area (Å²) in [4.78, 5) is 0. The van der Waals surface area contributed by atoms with Gasteiger partial charge in [0, 0.05) is 5.41 Å². The van der Waals surface area contributed by atoms with E-state index in [4.69, 9.17) is 0 Å². The molecule has 1 unspecified atom stereocenters. The fourth-order valence-corrected chi connectivity index (χ4v) is 1.90. The molecule has 0 aromatic rings. The van der Waals surface area contributed by atoms with Crippen molar-refractivity contribution in [3.05, 3.63) is 37.0 Å². The van der Waals surface area contributed by atoms with Crippen LogP contribution in [0.15, 0.2) is 37.0 Å². The van der Waals surface area contributed by atoms with Crippen LogP contribution >= 0.6 is 0 Å². The van der Waals surface area contributed by atoms with Gasteiger partial charge in [-0.2, -0.15) is 0 Å². The summed E-state index contributed by atoms with van der Waals surface area (Å²) in [6.07, 6.45) is 8.30. The summed E-state index contributed by atoms with van der Waals surface area (Å²) < 4.78 is 0. The SMILES string of the molecule is C=C/C=C(\C=C)C1(C(O)CC)CC1. The normalized spacial score (nSPS) is 22.2. The van der Waals surface area contributed by atoms with E-state index >= 15 is 0 Å². The number of aliphatic hydroxyl groups is 1. The van der Waals surface area contributed by atoms with E-state index < -0.39 is 0 Å². The lowest BCUT2D eigenvalue weighted by Gasteiger charge is -2.22. The minimum absolute atomic E-state index is 0.00465. The second kappa shape index (κ2) is 3.93. The molecule has 0 aromatic carbocycles. The Balaban J connectivity index is 2.84. The van der Waals surface area contributed by atoms with Gasteiger partial charge < -0.3 is 5.11 Å². The summed E-state index contributed by atoms with van der Waals surface area (Å²) in [5.41, 5.74) is 1.14. The number of aliphatic hydroxyl groups excluding tert-OH is 1. The topological polar surface area (TPSA) is 20.2 Å². The van der Waals surface area contributed by atoms with E-state index in [0.29, 0.717) is 0 Å². The first kappa shape index (κ1) is 10.3. The highest BCUT2D eigenvalue weighted by molar-refractivity contribution is 5.35. The van der Waals surface area contributed by atoms with E-state index in [9.17, 15) is 5.11 Å². The molecule has 0 heterocycles. The van der Waals surface area contributed by atoms with Gasteiger partial charge in [-0.25, -0.2) is 0 Å². The molecule has 0 bridgehead atoms. The van der Waals surface area contributed by atoms with E-state index in [1.807, 2.05) is 19.1 Å². The molecule has 1 fully saturated rings. The van der Waals surface area contributed by atoms with Crippen LogP contribution in [0.3, 0.4) is 0 Å². The lowest BCUT2D eigenvalue weighted by Crippen LogP contribution is -2.22. The van der Waals surface area contributed by atoms with E-state index in [0.717, 1.165) is 24.8 Å². The number of allylic oxidation sites excluding steroid dienone is 3. The zero-order chi connectivity index (χ0) is 9.90. The van der Waals surface area contributed by atoms with Gasteiger partial charge >= 0.3 is 0 Å². The molecule has 1 nitrogen and oxygen atoms in total. The van der Waals surface area contributed by atoms with Gasteiger partial charge in [0.05, 0.1) is 6.10 Å². The Morgan fingerprint density at radius 2 is 2.15 bits per heavy atom. The molecule has 1 aliphatic rings. The van der Waals surface area contributed by atoms with Crippen LogP contribution in [0, 0.1) is 5.41 Å². The van der Waals surface area contributed by atoms with Crippen LogP contribution in [0.2, 0.25) is 0 Å². The van der Waals surface area contributed by atoms with Crippen LogP contribution in [0.1, 0.15) is 26.2 Å². The molecule has 1 atom stereocenters. The first-order valence-corrected chi connectivity index (χ1v) is 4.85. The van der Waals surface area contributed by atoms with Crippen LogP contribution in [-0.4, -0.2) is 11.2 Å². The van der Waals surface area contributed by atoms with Gasteiger partial charge in [0.15, 0.2) is 0 Å². The summed E-state index contributed by atoms with van der Waals surface area (Å²) in [6, 6.07) is 0. The molecule has 0 amide bonds. The van der Waals surface area contributed by atoms with Crippen LogP contribution < -0.4 is 0 Å². The maximum atomic E-state index is 9.85. The van der Waals surface area contributed by atoms with E-state index in [1.54, 1.807) is 6.08 Å². The highest BCUT2D eigenvalue weighted by Gasteiger charge is 2.49. The summed E-state index contributed by atoms with van der Waals surface area (Å²) in [7, 11) is 0. The van der Waals surface area contributed by atoms with Gasteiger partial charge in [-0.3, -0.25) is 0 Å². The Morgan fingerprint density at radius 1 is 1.54 bits per heavy atom. The minimum Gasteiger partial charge on any atom is -0.392 e. The third-order valence-electron chi connectivity index (χ3n) is 2.91. The quantitative estimate of drug-likeness (QED) is 0.642. The van der Waals surface area contributed by atoms with Crippen LogP contribution in [0.5, 0.6) is 0 Å². The monoisotopic (exact) mass is 178 g/mol. The highest BCUT2D eigenvalue weighted by Crippen LogP contribution is 2.55. The maximum Gasteiger partial charge on any atom is 0.0634 e. The molecule has 1 N–H and O–H groups in total. The molecule has 72 valence electrons. The second-order valence-corrected chi connectivity index (χ2v) is 3.64. The Kier molecular flexibility index (Phi) is 3.10. The number of hydrogen-bond acceptors (Lipinski definition) is 1. The van der Waals surface area contributed by atoms with Gasteiger partial charge in [-0.1, -0.05) is 38.3 Å². The molecule has 1 saturated carbocycles. The van der Waals surface area contributed by atoms with Gasteiger partial charge in [0.25, 0.3) is 0 Å². The van der Waals surface area contributed by atoms with Gasteiger partial charge in [-0.05, 0) is 24.8 Å². The highest BCUT2D eigenvalue weighted by atomic mass is 16.3. The average molecular weight is 178 g/mol. The molecule has 0 spiro atoms. The molecule has 0 radical (unpaired) electrons. The van der Waals surface area contributed by atoms with Crippen molar-refractivity contribution in [2.24, 2.45) is 5.41 Å². The van der Waals surface area contributed by atoms with Crippen molar-refractivity contribution in [2.45, 2.75) is 32.3 Å². The first-order valence-electron chi connectivity index (χ1n) is 4.85. The summed E-state index contributed by atoms with van der Waals surface area (Å²) in [5, 5.41) is 9.85. The van der Waals surface area contributed by atoms with Crippen molar-refractivity contribution >= 4 is 0 Å². The lowest BCUT2D eigenvalue weighted by molar-refractivity contribution is 0.110. The van der Waals surface area contributed by atoms with Crippen molar-refractivity contribution in [1.29, 1.82) is 0 Å². The smallest absolute Gasteiger partial charge is 0.0634 e. The maximum absolute atomic E-state index is 9.85. The molecule has 0 saturated heterocycles. The summed E-state index contributed by atoms with van der Waals surface area (Å²) in [5.74, 6) is 0. The predicted molar refractivity (Wildman–Crippen MR) is 56.4 cm³/mol. The van der Waals surface area contributed by atoms with Crippen molar-refractivity contribution in [3.63, 3.8) is 0 Å². The first-order chi connectivity index (χ1) is 6.21. The Bertz CT molecular complexity index is 234. The molecule has 0 aromatic heterocycles. The van der Waals surface area contributed by atoms with Gasteiger partial charge in [0.2, 0.25) is 0 Å². The molecule has 1 rings (SSSR count). The van der Waals surface area contributed by atoms with Crippen molar-refractivity contribution in [3.8, 4) is 0 Å². The number of rotatable bonds is 5. The van der Waals surface area contributed by atoms with Crippen LogP contribution in [0.25, 0.3) is 0 Å².